The van der Waals surface area contributed by atoms with Crippen molar-refractivity contribution < 1.29 is 0 Å². The van der Waals surface area contributed by atoms with Crippen LogP contribution in [0.2, 0.25) is 0 Å². The summed E-state index contributed by atoms with van der Waals surface area (Å²) in [4.78, 5) is 5.30. The summed E-state index contributed by atoms with van der Waals surface area (Å²) < 4.78 is 0. The van der Waals surface area contributed by atoms with E-state index in [0.717, 1.165) is 0 Å². The summed E-state index contributed by atoms with van der Waals surface area (Å²) in [5, 5.41) is 3.63. The molecule has 3 heteroatoms. The summed E-state index contributed by atoms with van der Waals surface area (Å²) in [6.07, 6.45) is 5.56. The Labute approximate surface area is 107 Å². The second-order valence-electron chi connectivity index (χ2n) is 6.34. The highest BCUT2D eigenvalue weighted by Gasteiger charge is 2.24. The van der Waals surface area contributed by atoms with E-state index in [9.17, 15) is 0 Å². The van der Waals surface area contributed by atoms with Crippen molar-refractivity contribution in [1.29, 1.82) is 0 Å². The molecule has 0 spiro atoms. The minimum atomic E-state index is 0.290. The van der Waals surface area contributed by atoms with Gasteiger partial charge in [0.1, 0.15) is 0 Å². The Morgan fingerprint density at radius 3 is 2.29 bits per heavy atom. The van der Waals surface area contributed by atoms with Gasteiger partial charge in [0.25, 0.3) is 0 Å². The predicted octanol–water partition coefficient (Wildman–Crippen LogP) is 1.55. The lowest BCUT2D eigenvalue weighted by Crippen LogP contribution is -2.48. The van der Waals surface area contributed by atoms with Gasteiger partial charge in [0.2, 0.25) is 0 Å². The molecule has 0 bridgehead atoms. The van der Waals surface area contributed by atoms with E-state index >= 15 is 0 Å². The van der Waals surface area contributed by atoms with Crippen LogP contribution >= 0.6 is 0 Å². The lowest BCUT2D eigenvalue weighted by atomic mass is 10.1. The van der Waals surface area contributed by atoms with E-state index in [1.807, 2.05) is 0 Å². The number of nitrogens with zero attached hydrogens (tertiary/aromatic N) is 2. The highest BCUT2D eigenvalue weighted by atomic mass is 15.2. The van der Waals surface area contributed by atoms with Gasteiger partial charge in [-0.2, -0.15) is 0 Å². The monoisotopic (exact) mass is 239 g/mol. The highest BCUT2D eigenvalue weighted by molar-refractivity contribution is 4.85. The van der Waals surface area contributed by atoms with Gasteiger partial charge in [-0.25, -0.2) is 0 Å². The first-order chi connectivity index (χ1) is 8.16. The van der Waals surface area contributed by atoms with Crippen molar-refractivity contribution in [2.45, 2.75) is 45.1 Å². The molecule has 0 aromatic carbocycles. The van der Waals surface area contributed by atoms with E-state index in [2.05, 4.69) is 29.0 Å². The molecular weight excluding hydrogens is 210 g/mol. The Morgan fingerprint density at radius 1 is 0.882 bits per heavy atom. The molecule has 2 fully saturated rings. The second kappa shape index (κ2) is 6.17. The normalized spacial score (nSPS) is 27.9. The number of likely N-dealkylation sites (tertiary alicyclic amines) is 1. The minimum Gasteiger partial charge on any atom is -0.310 e. The molecule has 0 aromatic rings. The molecule has 100 valence electrons. The predicted molar refractivity (Wildman–Crippen MR) is 73.4 cm³/mol. The van der Waals surface area contributed by atoms with Crippen molar-refractivity contribution in [2.75, 3.05) is 45.8 Å². The van der Waals surface area contributed by atoms with Crippen LogP contribution in [-0.4, -0.2) is 61.2 Å². The van der Waals surface area contributed by atoms with Crippen LogP contribution < -0.4 is 5.32 Å². The van der Waals surface area contributed by atoms with Crippen LogP contribution in [0.3, 0.4) is 0 Å². The van der Waals surface area contributed by atoms with Crippen LogP contribution in [0.25, 0.3) is 0 Å². The van der Waals surface area contributed by atoms with E-state index in [1.54, 1.807) is 0 Å². The molecule has 2 aliphatic heterocycles. The van der Waals surface area contributed by atoms with Gasteiger partial charge >= 0.3 is 0 Å². The number of hydrogen-bond donors (Lipinski definition) is 1. The minimum absolute atomic E-state index is 0.290. The Morgan fingerprint density at radius 2 is 1.53 bits per heavy atom. The average Bonchev–Trinajstić information content (AvgIpc) is 2.49. The largest absolute Gasteiger partial charge is 0.310 e. The molecule has 0 amide bonds. The van der Waals surface area contributed by atoms with E-state index in [-0.39, 0.29) is 0 Å². The topological polar surface area (TPSA) is 18.5 Å². The molecule has 17 heavy (non-hydrogen) atoms. The second-order valence-corrected chi connectivity index (χ2v) is 6.34. The fourth-order valence-corrected chi connectivity index (χ4v) is 3.08. The first kappa shape index (κ1) is 13.3. The molecule has 0 atom stereocenters. The van der Waals surface area contributed by atoms with Gasteiger partial charge < -0.3 is 15.1 Å². The zero-order valence-electron chi connectivity index (χ0n) is 11.7. The smallest absolute Gasteiger partial charge is 0.0252 e. The maximum Gasteiger partial charge on any atom is 0.0252 e. The maximum absolute atomic E-state index is 3.63. The van der Waals surface area contributed by atoms with E-state index in [4.69, 9.17) is 0 Å². The van der Waals surface area contributed by atoms with Crippen LogP contribution in [-0.2, 0) is 0 Å². The summed E-state index contributed by atoms with van der Waals surface area (Å²) in [6, 6.07) is 0. The molecule has 0 saturated carbocycles. The van der Waals surface area contributed by atoms with Gasteiger partial charge in [-0.3, -0.25) is 0 Å². The zero-order valence-corrected chi connectivity index (χ0v) is 11.7. The molecular formula is C14H29N3. The van der Waals surface area contributed by atoms with E-state index < -0.39 is 0 Å². The average molecular weight is 239 g/mol. The summed E-state index contributed by atoms with van der Waals surface area (Å²) in [7, 11) is 0. The fourth-order valence-electron chi connectivity index (χ4n) is 3.08. The van der Waals surface area contributed by atoms with E-state index in [0.29, 0.717) is 5.54 Å². The Hall–Kier alpha value is -0.120. The van der Waals surface area contributed by atoms with Gasteiger partial charge in [0.15, 0.2) is 0 Å². The third kappa shape index (κ3) is 4.57. The Bertz CT molecular complexity index is 222. The van der Waals surface area contributed by atoms with Crippen LogP contribution in [0.4, 0.5) is 0 Å². The first-order valence-electron chi connectivity index (χ1n) is 7.35. The number of rotatable bonds is 3. The summed E-state index contributed by atoms with van der Waals surface area (Å²) in [6.45, 7) is 13.5. The fraction of sp³-hybridized carbons (Fsp3) is 1.00. The van der Waals surface area contributed by atoms with Gasteiger partial charge in [0, 0.05) is 25.2 Å². The molecule has 2 rings (SSSR count). The molecule has 2 aliphatic rings. The summed E-state index contributed by atoms with van der Waals surface area (Å²) in [5.41, 5.74) is 0.290. The third-order valence-corrected chi connectivity index (χ3v) is 4.05. The van der Waals surface area contributed by atoms with Crippen molar-refractivity contribution in [3.8, 4) is 0 Å². The van der Waals surface area contributed by atoms with E-state index in [1.165, 1.54) is 71.5 Å². The molecule has 0 aliphatic carbocycles. The Kier molecular flexibility index (Phi) is 4.83. The lowest BCUT2D eigenvalue weighted by molar-refractivity contribution is 0.169. The van der Waals surface area contributed by atoms with Crippen molar-refractivity contribution in [2.24, 2.45) is 0 Å². The van der Waals surface area contributed by atoms with Crippen molar-refractivity contribution in [3.63, 3.8) is 0 Å². The highest BCUT2D eigenvalue weighted by Crippen LogP contribution is 2.12. The van der Waals surface area contributed by atoms with Gasteiger partial charge in [-0.15, -0.1) is 0 Å². The molecule has 2 heterocycles. The number of hydrogen-bond acceptors (Lipinski definition) is 3. The van der Waals surface area contributed by atoms with Crippen LogP contribution in [0.1, 0.15) is 39.5 Å². The third-order valence-electron chi connectivity index (χ3n) is 4.05. The summed E-state index contributed by atoms with van der Waals surface area (Å²) >= 11 is 0. The number of piperidine rings is 1. The first-order valence-corrected chi connectivity index (χ1v) is 7.35. The molecule has 0 radical (unpaired) electrons. The van der Waals surface area contributed by atoms with Gasteiger partial charge in [-0.1, -0.05) is 6.42 Å². The maximum atomic E-state index is 3.63. The van der Waals surface area contributed by atoms with Crippen LogP contribution in [0.5, 0.6) is 0 Å². The molecule has 0 unspecified atom stereocenters. The molecule has 0 aromatic heterocycles. The van der Waals surface area contributed by atoms with Crippen LogP contribution in [0.15, 0.2) is 0 Å². The van der Waals surface area contributed by atoms with Crippen molar-refractivity contribution in [1.82, 2.24) is 15.1 Å². The van der Waals surface area contributed by atoms with Gasteiger partial charge in [0.05, 0.1) is 0 Å². The summed E-state index contributed by atoms with van der Waals surface area (Å²) in [5.74, 6) is 0. The number of nitrogens with one attached hydrogen (secondary N) is 1. The van der Waals surface area contributed by atoms with Crippen LogP contribution in [0, 0.1) is 0 Å². The molecule has 2 saturated heterocycles. The zero-order chi connectivity index (χ0) is 12.1. The molecule has 1 N–H and O–H groups in total. The molecule has 3 nitrogen and oxygen atoms in total. The quantitative estimate of drug-likeness (QED) is 0.806. The SMILES string of the molecule is CC1(C)CN(CCN2CCCCC2)CCCN1. The standard InChI is InChI=1S/C14H29N3/c1-14(2)13-17(10-6-7-15-14)12-11-16-8-4-3-5-9-16/h15H,3-13H2,1-2H3. The Balaban J connectivity index is 1.73. The lowest BCUT2D eigenvalue weighted by Gasteiger charge is -2.33. The van der Waals surface area contributed by atoms with Crippen molar-refractivity contribution >= 4 is 0 Å². The van der Waals surface area contributed by atoms with Gasteiger partial charge in [-0.05, 0) is 59.3 Å². The van der Waals surface area contributed by atoms with Crippen molar-refractivity contribution in [3.05, 3.63) is 0 Å².